The minimum absolute atomic E-state index is 0.464. The summed E-state index contributed by atoms with van der Waals surface area (Å²) in [6, 6.07) is 3.44. The summed E-state index contributed by atoms with van der Waals surface area (Å²) in [6.45, 7) is 3.65. The van der Waals surface area contributed by atoms with E-state index in [9.17, 15) is 0 Å². The molecular weight excluding hydrogens is 174 g/mol. The van der Waals surface area contributed by atoms with Crippen molar-refractivity contribution in [1.82, 2.24) is 0 Å². The van der Waals surface area contributed by atoms with E-state index in [1.807, 2.05) is 6.92 Å². The largest absolute Gasteiger partial charge is 0.488 e. The number of halogens is 1. The van der Waals surface area contributed by atoms with Gasteiger partial charge in [0.1, 0.15) is 0 Å². The molecule has 0 heterocycles. The molecule has 0 bridgehead atoms. The van der Waals surface area contributed by atoms with Crippen LogP contribution in [0.25, 0.3) is 0 Å². The minimum Gasteiger partial charge on any atom is -0.423 e. The summed E-state index contributed by atoms with van der Waals surface area (Å²) in [5.74, 6) is 0. The highest BCUT2D eigenvalue weighted by atomic mass is 35.5. The number of aryl methyl sites for hydroxylation is 1. The zero-order valence-electron chi connectivity index (χ0n) is 7.00. The first-order chi connectivity index (χ1) is 5.54. The molecule has 0 fully saturated rings. The molecule has 1 aromatic rings. The summed E-state index contributed by atoms with van der Waals surface area (Å²) >= 11 is 5.90. The lowest BCUT2D eigenvalue weighted by atomic mass is 9.77. The Morgan fingerprint density at radius 3 is 2.33 bits per heavy atom. The average Bonchev–Trinajstić information content (AvgIpc) is 2.00. The maximum absolute atomic E-state index is 8.92. The van der Waals surface area contributed by atoms with Gasteiger partial charge in [0, 0.05) is 5.02 Å². The second-order valence-corrected chi connectivity index (χ2v) is 3.16. The SMILES string of the molecule is Cc1ccc(B(O)O)c(C)c1Cl. The van der Waals surface area contributed by atoms with Crippen molar-refractivity contribution in [1.29, 1.82) is 0 Å². The van der Waals surface area contributed by atoms with Crippen LogP contribution in [0.15, 0.2) is 12.1 Å². The van der Waals surface area contributed by atoms with E-state index in [2.05, 4.69) is 0 Å². The lowest BCUT2D eigenvalue weighted by Crippen LogP contribution is -2.32. The lowest BCUT2D eigenvalue weighted by Gasteiger charge is -2.07. The van der Waals surface area contributed by atoms with E-state index in [1.54, 1.807) is 19.1 Å². The Bertz CT molecular complexity index is 299. The van der Waals surface area contributed by atoms with Crippen molar-refractivity contribution in [3.8, 4) is 0 Å². The van der Waals surface area contributed by atoms with Crippen molar-refractivity contribution >= 4 is 24.2 Å². The smallest absolute Gasteiger partial charge is 0.423 e. The Kier molecular flexibility index (Phi) is 2.78. The van der Waals surface area contributed by atoms with Crippen LogP contribution < -0.4 is 5.46 Å². The third kappa shape index (κ3) is 1.63. The van der Waals surface area contributed by atoms with Gasteiger partial charge in [-0.1, -0.05) is 23.7 Å². The Morgan fingerprint density at radius 2 is 1.83 bits per heavy atom. The normalized spacial score (nSPS) is 10.1. The van der Waals surface area contributed by atoms with Crippen molar-refractivity contribution in [2.45, 2.75) is 13.8 Å². The van der Waals surface area contributed by atoms with Crippen molar-refractivity contribution in [2.75, 3.05) is 0 Å². The molecule has 0 radical (unpaired) electrons. The van der Waals surface area contributed by atoms with Crippen LogP contribution in [-0.2, 0) is 0 Å². The Balaban J connectivity index is 3.27. The molecule has 4 heteroatoms. The van der Waals surface area contributed by atoms with Crippen LogP contribution in [-0.4, -0.2) is 17.2 Å². The third-order valence-corrected chi connectivity index (χ3v) is 2.48. The molecule has 2 N–H and O–H groups in total. The standard InChI is InChI=1S/C8H10BClO2/c1-5-3-4-7(9(11)12)6(2)8(5)10/h3-4,11-12H,1-2H3. The molecule has 0 atom stereocenters. The van der Waals surface area contributed by atoms with E-state index in [0.29, 0.717) is 10.5 Å². The fraction of sp³-hybridized carbons (Fsp3) is 0.250. The van der Waals surface area contributed by atoms with Gasteiger partial charge in [0.25, 0.3) is 0 Å². The van der Waals surface area contributed by atoms with E-state index in [0.717, 1.165) is 11.1 Å². The molecule has 0 aliphatic heterocycles. The molecule has 1 rings (SSSR count). The van der Waals surface area contributed by atoms with Gasteiger partial charge in [-0.25, -0.2) is 0 Å². The quantitative estimate of drug-likeness (QED) is 0.629. The van der Waals surface area contributed by atoms with Crippen LogP contribution in [0.2, 0.25) is 5.02 Å². The molecule has 0 spiro atoms. The molecular formula is C8H10BClO2. The summed E-state index contributed by atoms with van der Waals surface area (Å²) in [7, 11) is -1.44. The fourth-order valence-corrected chi connectivity index (χ4v) is 1.29. The zero-order valence-corrected chi connectivity index (χ0v) is 7.76. The average molecular weight is 184 g/mol. The molecule has 0 aliphatic rings. The summed E-state index contributed by atoms with van der Waals surface area (Å²) in [4.78, 5) is 0. The van der Waals surface area contributed by atoms with Gasteiger partial charge < -0.3 is 10.0 Å². The first-order valence-corrected chi connectivity index (χ1v) is 4.03. The van der Waals surface area contributed by atoms with Gasteiger partial charge in [-0.2, -0.15) is 0 Å². The van der Waals surface area contributed by atoms with Crippen molar-refractivity contribution in [3.63, 3.8) is 0 Å². The van der Waals surface area contributed by atoms with Crippen molar-refractivity contribution in [2.24, 2.45) is 0 Å². The topological polar surface area (TPSA) is 40.5 Å². The van der Waals surface area contributed by atoms with Crippen LogP contribution in [0.1, 0.15) is 11.1 Å². The van der Waals surface area contributed by atoms with Crippen LogP contribution in [0.3, 0.4) is 0 Å². The van der Waals surface area contributed by atoms with Crippen molar-refractivity contribution in [3.05, 3.63) is 28.3 Å². The zero-order chi connectivity index (χ0) is 9.30. The highest BCUT2D eigenvalue weighted by Crippen LogP contribution is 2.17. The van der Waals surface area contributed by atoms with Gasteiger partial charge in [0.2, 0.25) is 0 Å². The van der Waals surface area contributed by atoms with Crippen LogP contribution >= 0.6 is 11.6 Å². The highest BCUT2D eigenvalue weighted by Gasteiger charge is 2.15. The van der Waals surface area contributed by atoms with Gasteiger partial charge in [-0.3, -0.25) is 0 Å². The summed E-state index contributed by atoms with van der Waals surface area (Å²) < 4.78 is 0. The van der Waals surface area contributed by atoms with Gasteiger partial charge in [-0.05, 0) is 30.4 Å². The highest BCUT2D eigenvalue weighted by molar-refractivity contribution is 6.59. The molecule has 1 aromatic carbocycles. The number of hydrogen-bond acceptors (Lipinski definition) is 2. The molecule has 0 amide bonds. The number of rotatable bonds is 1. The maximum Gasteiger partial charge on any atom is 0.488 e. The van der Waals surface area contributed by atoms with Gasteiger partial charge >= 0.3 is 7.12 Å². The summed E-state index contributed by atoms with van der Waals surface area (Å²) in [5, 5.41) is 18.4. The Hall–Kier alpha value is -0.505. The van der Waals surface area contributed by atoms with E-state index >= 15 is 0 Å². The van der Waals surface area contributed by atoms with Crippen LogP contribution in [0, 0.1) is 13.8 Å². The first-order valence-electron chi connectivity index (χ1n) is 3.65. The van der Waals surface area contributed by atoms with E-state index < -0.39 is 7.12 Å². The van der Waals surface area contributed by atoms with E-state index in [4.69, 9.17) is 21.6 Å². The lowest BCUT2D eigenvalue weighted by molar-refractivity contribution is 0.425. The molecule has 0 unspecified atom stereocenters. The number of benzene rings is 1. The predicted molar refractivity (Wildman–Crippen MR) is 50.8 cm³/mol. The molecule has 0 aliphatic carbocycles. The second kappa shape index (κ2) is 3.48. The summed E-state index contributed by atoms with van der Waals surface area (Å²) in [6.07, 6.45) is 0. The van der Waals surface area contributed by atoms with Crippen LogP contribution in [0.5, 0.6) is 0 Å². The Labute approximate surface area is 76.9 Å². The third-order valence-electron chi connectivity index (χ3n) is 1.90. The fourth-order valence-electron chi connectivity index (χ4n) is 1.12. The first kappa shape index (κ1) is 9.58. The maximum atomic E-state index is 8.92. The van der Waals surface area contributed by atoms with Gasteiger partial charge in [0.15, 0.2) is 0 Å². The molecule has 12 heavy (non-hydrogen) atoms. The van der Waals surface area contributed by atoms with E-state index in [-0.39, 0.29) is 0 Å². The molecule has 2 nitrogen and oxygen atoms in total. The monoisotopic (exact) mass is 184 g/mol. The van der Waals surface area contributed by atoms with E-state index in [1.165, 1.54) is 0 Å². The van der Waals surface area contributed by atoms with Gasteiger partial charge in [0.05, 0.1) is 0 Å². The Morgan fingerprint density at radius 1 is 1.25 bits per heavy atom. The molecule has 0 saturated carbocycles. The predicted octanol–water partition coefficient (Wildman–Crippen LogP) is 0.637. The molecule has 64 valence electrons. The second-order valence-electron chi connectivity index (χ2n) is 2.78. The molecule has 0 aromatic heterocycles. The van der Waals surface area contributed by atoms with Crippen molar-refractivity contribution < 1.29 is 10.0 Å². The van der Waals surface area contributed by atoms with Crippen LogP contribution in [0.4, 0.5) is 0 Å². The van der Waals surface area contributed by atoms with Gasteiger partial charge in [-0.15, -0.1) is 0 Å². The minimum atomic E-state index is -1.44. The summed E-state index contributed by atoms with van der Waals surface area (Å²) in [5.41, 5.74) is 2.14. The molecule has 0 saturated heterocycles. The number of hydrogen-bond donors (Lipinski definition) is 2.